The largest absolute Gasteiger partial charge is 0.478 e. The van der Waals surface area contributed by atoms with E-state index in [4.69, 9.17) is 5.11 Å². The van der Waals surface area contributed by atoms with E-state index in [9.17, 15) is 4.79 Å². The van der Waals surface area contributed by atoms with Gasteiger partial charge in [0.1, 0.15) is 0 Å². The first-order chi connectivity index (χ1) is 8.10. The van der Waals surface area contributed by atoms with E-state index >= 15 is 0 Å². The number of aryl methyl sites for hydroxylation is 1. The molecular formula is C14H21NO2. The lowest BCUT2D eigenvalue weighted by Crippen LogP contribution is -2.24. The molecule has 0 saturated carbocycles. The Balaban J connectivity index is 2.92. The maximum Gasteiger partial charge on any atom is 0.335 e. The van der Waals surface area contributed by atoms with Crippen molar-refractivity contribution in [3.63, 3.8) is 0 Å². The molecule has 0 heterocycles. The van der Waals surface area contributed by atoms with E-state index in [1.165, 1.54) is 6.42 Å². The summed E-state index contributed by atoms with van der Waals surface area (Å²) in [6.07, 6.45) is 2.33. The molecule has 0 amide bonds. The van der Waals surface area contributed by atoms with Crippen LogP contribution >= 0.6 is 0 Å². The number of unbranched alkanes of at least 4 members (excludes halogenated alkanes) is 1. The van der Waals surface area contributed by atoms with Crippen LogP contribution < -0.4 is 4.90 Å². The minimum atomic E-state index is -0.865. The second kappa shape index (κ2) is 6.28. The minimum Gasteiger partial charge on any atom is -0.478 e. The summed E-state index contributed by atoms with van der Waals surface area (Å²) in [5, 5.41) is 8.92. The summed E-state index contributed by atoms with van der Waals surface area (Å²) in [7, 11) is 0. The third-order valence-electron chi connectivity index (χ3n) is 2.95. The number of aromatic carboxylic acids is 1. The van der Waals surface area contributed by atoms with Crippen LogP contribution in [0.15, 0.2) is 18.2 Å². The number of anilines is 1. The Hall–Kier alpha value is -1.51. The molecule has 0 atom stereocenters. The normalized spacial score (nSPS) is 10.3. The average Bonchev–Trinajstić information content (AvgIpc) is 2.31. The van der Waals surface area contributed by atoms with Gasteiger partial charge in [0.25, 0.3) is 0 Å². The predicted molar refractivity (Wildman–Crippen MR) is 70.9 cm³/mol. The van der Waals surface area contributed by atoms with Crippen molar-refractivity contribution in [1.29, 1.82) is 0 Å². The third kappa shape index (κ3) is 3.48. The molecule has 0 aliphatic carbocycles. The Morgan fingerprint density at radius 2 is 2.06 bits per heavy atom. The Kier molecular flexibility index (Phi) is 5.01. The molecule has 0 aliphatic rings. The molecule has 1 aromatic carbocycles. The maximum absolute atomic E-state index is 10.9. The molecule has 0 saturated heterocycles. The second-order valence-corrected chi connectivity index (χ2v) is 4.24. The van der Waals surface area contributed by atoms with E-state index in [-0.39, 0.29) is 0 Å². The summed E-state index contributed by atoms with van der Waals surface area (Å²) >= 11 is 0. The van der Waals surface area contributed by atoms with Gasteiger partial charge in [-0.15, -0.1) is 0 Å². The second-order valence-electron chi connectivity index (χ2n) is 4.24. The molecule has 1 N–H and O–H groups in total. The summed E-state index contributed by atoms with van der Waals surface area (Å²) in [5.41, 5.74) is 2.53. The minimum absolute atomic E-state index is 0.359. The first-order valence-electron chi connectivity index (χ1n) is 6.19. The lowest BCUT2D eigenvalue weighted by molar-refractivity contribution is 0.0697. The molecule has 3 nitrogen and oxygen atoms in total. The molecule has 0 bridgehead atoms. The van der Waals surface area contributed by atoms with Gasteiger partial charge in [-0.3, -0.25) is 0 Å². The van der Waals surface area contributed by atoms with Crippen LogP contribution in [0, 0.1) is 6.92 Å². The molecule has 1 rings (SSSR count). The van der Waals surface area contributed by atoms with Crippen LogP contribution in [0.3, 0.4) is 0 Å². The van der Waals surface area contributed by atoms with Crippen LogP contribution in [0.5, 0.6) is 0 Å². The number of carboxylic acid groups (broad SMARTS) is 1. The molecule has 94 valence electrons. The fraction of sp³-hybridized carbons (Fsp3) is 0.500. The van der Waals surface area contributed by atoms with E-state index in [1.54, 1.807) is 12.1 Å². The number of rotatable bonds is 6. The van der Waals surface area contributed by atoms with Crippen molar-refractivity contribution < 1.29 is 9.90 Å². The third-order valence-corrected chi connectivity index (χ3v) is 2.95. The highest BCUT2D eigenvalue weighted by atomic mass is 16.4. The standard InChI is InChI=1S/C14H21NO2/c1-4-6-9-15(5-2)13-8-7-12(14(16)17)10-11(13)3/h7-8,10H,4-6,9H2,1-3H3,(H,16,17). The summed E-state index contributed by atoms with van der Waals surface area (Å²) in [5.74, 6) is -0.865. The highest BCUT2D eigenvalue weighted by Crippen LogP contribution is 2.21. The van der Waals surface area contributed by atoms with Gasteiger partial charge in [0.15, 0.2) is 0 Å². The monoisotopic (exact) mass is 235 g/mol. The van der Waals surface area contributed by atoms with Gasteiger partial charge < -0.3 is 10.0 Å². The van der Waals surface area contributed by atoms with Crippen LogP contribution in [0.1, 0.15) is 42.6 Å². The molecular weight excluding hydrogens is 214 g/mol. The average molecular weight is 235 g/mol. The Bertz CT molecular complexity index is 388. The Labute approximate surface area is 103 Å². The summed E-state index contributed by atoms with van der Waals surface area (Å²) in [4.78, 5) is 13.2. The van der Waals surface area contributed by atoms with Crippen molar-refractivity contribution in [3.05, 3.63) is 29.3 Å². The number of nitrogens with zero attached hydrogens (tertiary/aromatic N) is 1. The first kappa shape index (κ1) is 13.6. The van der Waals surface area contributed by atoms with E-state index in [0.29, 0.717) is 5.56 Å². The van der Waals surface area contributed by atoms with Crippen molar-refractivity contribution in [2.45, 2.75) is 33.6 Å². The topological polar surface area (TPSA) is 40.5 Å². The number of hydrogen-bond acceptors (Lipinski definition) is 2. The summed E-state index contributed by atoms with van der Waals surface area (Å²) in [6, 6.07) is 5.34. The zero-order chi connectivity index (χ0) is 12.8. The molecule has 0 aliphatic heterocycles. The number of benzene rings is 1. The smallest absolute Gasteiger partial charge is 0.335 e. The lowest BCUT2D eigenvalue weighted by Gasteiger charge is -2.25. The Morgan fingerprint density at radius 1 is 1.35 bits per heavy atom. The van der Waals surface area contributed by atoms with Crippen molar-refractivity contribution in [2.75, 3.05) is 18.0 Å². The first-order valence-corrected chi connectivity index (χ1v) is 6.19. The van der Waals surface area contributed by atoms with Crippen molar-refractivity contribution >= 4 is 11.7 Å². The van der Waals surface area contributed by atoms with Crippen LogP contribution in [0.2, 0.25) is 0 Å². The molecule has 0 radical (unpaired) electrons. The van der Waals surface area contributed by atoms with Crippen LogP contribution in [-0.4, -0.2) is 24.2 Å². The molecule has 0 spiro atoms. The number of hydrogen-bond donors (Lipinski definition) is 1. The molecule has 0 aromatic heterocycles. The van der Waals surface area contributed by atoms with Crippen LogP contribution in [0.4, 0.5) is 5.69 Å². The highest BCUT2D eigenvalue weighted by Gasteiger charge is 2.09. The predicted octanol–water partition coefficient (Wildman–Crippen LogP) is 3.32. The van der Waals surface area contributed by atoms with Gasteiger partial charge in [-0.05, 0) is 44.0 Å². The quantitative estimate of drug-likeness (QED) is 0.822. The summed E-state index contributed by atoms with van der Waals surface area (Å²) in [6.45, 7) is 8.25. The van der Waals surface area contributed by atoms with Crippen molar-refractivity contribution in [1.82, 2.24) is 0 Å². The van der Waals surface area contributed by atoms with Crippen LogP contribution in [0.25, 0.3) is 0 Å². The van der Waals surface area contributed by atoms with Gasteiger partial charge in [0, 0.05) is 18.8 Å². The van der Waals surface area contributed by atoms with Crippen LogP contribution in [-0.2, 0) is 0 Å². The highest BCUT2D eigenvalue weighted by molar-refractivity contribution is 5.88. The van der Waals surface area contributed by atoms with Gasteiger partial charge in [0.2, 0.25) is 0 Å². The molecule has 17 heavy (non-hydrogen) atoms. The molecule has 0 fully saturated rings. The fourth-order valence-corrected chi connectivity index (χ4v) is 1.94. The lowest BCUT2D eigenvalue weighted by atomic mass is 10.1. The zero-order valence-corrected chi connectivity index (χ0v) is 10.9. The van der Waals surface area contributed by atoms with Crippen molar-refractivity contribution in [2.24, 2.45) is 0 Å². The Morgan fingerprint density at radius 3 is 2.53 bits per heavy atom. The van der Waals surface area contributed by atoms with E-state index in [0.717, 1.165) is 30.8 Å². The van der Waals surface area contributed by atoms with E-state index in [1.807, 2.05) is 13.0 Å². The van der Waals surface area contributed by atoms with Gasteiger partial charge >= 0.3 is 5.97 Å². The summed E-state index contributed by atoms with van der Waals surface area (Å²) < 4.78 is 0. The molecule has 0 unspecified atom stereocenters. The zero-order valence-electron chi connectivity index (χ0n) is 10.9. The number of carbonyl (C=O) groups is 1. The van der Waals surface area contributed by atoms with E-state index < -0.39 is 5.97 Å². The maximum atomic E-state index is 10.9. The van der Waals surface area contributed by atoms with E-state index in [2.05, 4.69) is 18.7 Å². The van der Waals surface area contributed by atoms with Gasteiger partial charge in [0.05, 0.1) is 5.56 Å². The number of carboxylic acids is 1. The van der Waals surface area contributed by atoms with Gasteiger partial charge in [-0.25, -0.2) is 4.79 Å². The SMILES string of the molecule is CCCCN(CC)c1ccc(C(=O)O)cc1C. The molecule has 1 aromatic rings. The van der Waals surface area contributed by atoms with Crippen molar-refractivity contribution in [3.8, 4) is 0 Å². The van der Waals surface area contributed by atoms with Gasteiger partial charge in [-0.1, -0.05) is 13.3 Å². The molecule has 3 heteroatoms. The fourth-order valence-electron chi connectivity index (χ4n) is 1.94. The van der Waals surface area contributed by atoms with Gasteiger partial charge in [-0.2, -0.15) is 0 Å².